The summed E-state index contributed by atoms with van der Waals surface area (Å²) in [6, 6.07) is 27.0. The Morgan fingerprint density at radius 1 is 1.03 bits per heavy atom. The molecule has 3 aromatic carbocycles. The van der Waals surface area contributed by atoms with E-state index in [-0.39, 0.29) is 5.91 Å². The number of nitrogens with zero attached hydrogens (tertiary/aromatic N) is 3. The highest BCUT2D eigenvalue weighted by atomic mass is 79.9. The summed E-state index contributed by atoms with van der Waals surface area (Å²) in [7, 11) is 0. The van der Waals surface area contributed by atoms with E-state index in [2.05, 4.69) is 26.5 Å². The Kier molecular flexibility index (Phi) is 6.77. The molecule has 1 aromatic heterocycles. The fourth-order valence-electron chi connectivity index (χ4n) is 3.04. The number of nitrogens with one attached hydrogen (secondary N) is 1. The van der Waals surface area contributed by atoms with Gasteiger partial charge in [0.1, 0.15) is 11.4 Å². The minimum Gasteiger partial charge on any atom is -0.481 e. The number of carbonyl (C=O) groups is 1. The number of amides is 1. The smallest absolute Gasteiger partial charge is 0.280 e. The monoisotopic (exact) mass is 488 g/mol. The largest absolute Gasteiger partial charge is 0.481 e. The Morgan fingerprint density at radius 2 is 1.69 bits per heavy atom. The van der Waals surface area contributed by atoms with Gasteiger partial charge in [0.05, 0.1) is 11.9 Å². The summed E-state index contributed by atoms with van der Waals surface area (Å²) in [5.74, 6) is 0.260. The van der Waals surface area contributed by atoms with E-state index in [4.69, 9.17) is 9.84 Å². The third kappa shape index (κ3) is 5.31. The molecule has 1 heterocycles. The molecule has 32 heavy (non-hydrogen) atoms. The van der Waals surface area contributed by atoms with E-state index >= 15 is 0 Å². The maximum Gasteiger partial charge on any atom is 0.280 e. The summed E-state index contributed by atoms with van der Waals surface area (Å²) >= 11 is 3.38. The normalized spacial score (nSPS) is 11.9. The molecule has 0 spiro atoms. The number of ether oxygens (including phenoxy) is 1. The van der Waals surface area contributed by atoms with Gasteiger partial charge in [-0.25, -0.2) is 10.1 Å². The first-order chi connectivity index (χ1) is 15.6. The van der Waals surface area contributed by atoms with Crippen LogP contribution in [0.3, 0.4) is 0 Å². The maximum absolute atomic E-state index is 12.4. The summed E-state index contributed by atoms with van der Waals surface area (Å²) in [4.78, 5) is 12.4. The predicted octanol–water partition coefficient (Wildman–Crippen LogP) is 5.22. The molecule has 0 aliphatic rings. The molecule has 4 rings (SSSR count). The molecule has 1 atom stereocenters. The van der Waals surface area contributed by atoms with E-state index in [0.717, 1.165) is 27.0 Å². The van der Waals surface area contributed by atoms with Crippen molar-refractivity contribution in [1.82, 2.24) is 15.2 Å². The standard InChI is InChI=1S/C25H21BrN4O2/c1-18(32-23-14-12-21(26)13-15-23)25(31)28-27-16-20-17-30(22-10-6-3-7-11-22)29-24(20)19-8-4-2-5-9-19/h2-18H,1H3,(H,28,31)/b27-16+. The van der Waals surface area contributed by atoms with Crippen LogP contribution in [0.15, 0.2) is 101 Å². The minimum atomic E-state index is -0.700. The summed E-state index contributed by atoms with van der Waals surface area (Å²) in [5.41, 5.74) is 5.99. The number of hydrogen-bond donors (Lipinski definition) is 1. The zero-order chi connectivity index (χ0) is 22.3. The fraction of sp³-hybridized carbons (Fsp3) is 0.0800. The fourth-order valence-corrected chi connectivity index (χ4v) is 3.31. The molecule has 0 saturated heterocycles. The number of hydrogen-bond acceptors (Lipinski definition) is 4. The van der Waals surface area contributed by atoms with Gasteiger partial charge in [-0.05, 0) is 43.3 Å². The van der Waals surface area contributed by atoms with Crippen molar-refractivity contribution in [3.05, 3.63) is 101 Å². The predicted molar refractivity (Wildman–Crippen MR) is 129 cm³/mol. The van der Waals surface area contributed by atoms with Gasteiger partial charge in [-0.15, -0.1) is 0 Å². The average Bonchev–Trinajstić information content (AvgIpc) is 3.26. The summed E-state index contributed by atoms with van der Waals surface area (Å²) < 4.78 is 8.40. The molecule has 160 valence electrons. The molecule has 0 aliphatic heterocycles. The zero-order valence-electron chi connectivity index (χ0n) is 17.4. The number of para-hydroxylation sites is 1. The van der Waals surface area contributed by atoms with Crippen LogP contribution < -0.4 is 10.2 Å². The van der Waals surface area contributed by atoms with Crippen LogP contribution in [0, 0.1) is 0 Å². The van der Waals surface area contributed by atoms with Crippen molar-refractivity contribution in [3.63, 3.8) is 0 Å². The van der Waals surface area contributed by atoms with E-state index in [0.29, 0.717) is 5.75 Å². The van der Waals surface area contributed by atoms with Crippen LogP contribution in [0.25, 0.3) is 16.9 Å². The highest BCUT2D eigenvalue weighted by Gasteiger charge is 2.15. The number of rotatable bonds is 7. The first kappa shape index (κ1) is 21.5. The van der Waals surface area contributed by atoms with Gasteiger partial charge in [0.2, 0.25) is 0 Å². The average molecular weight is 489 g/mol. The molecular formula is C25H21BrN4O2. The second-order valence-corrected chi connectivity index (χ2v) is 7.94. The Labute approximate surface area is 194 Å². The summed E-state index contributed by atoms with van der Waals surface area (Å²) in [5, 5.41) is 8.88. The highest BCUT2D eigenvalue weighted by Crippen LogP contribution is 2.22. The molecule has 0 fully saturated rings. The van der Waals surface area contributed by atoms with E-state index in [9.17, 15) is 4.79 Å². The number of halogens is 1. The Hall–Kier alpha value is -3.71. The Morgan fingerprint density at radius 3 is 2.38 bits per heavy atom. The molecule has 0 aliphatic carbocycles. The molecule has 0 saturated carbocycles. The van der Waals surface area contributed by atoms with Crippen molar-refractivity contribution in [2.45, 2.75) is 13.0 Å². The van der Waals surface area contributed by atoms with Crippen molar-refractivity contribution in [2.75, 3.05) is 0 Å². The molecule has 1 unspecified atom stereocenters. The van der Waals surface area contributed by atoms with Crippen molar-refractivity contribution < 1.29 is 9.53 Å². The van der Waals surface area contributed by atoms with Crippen LogP contribution in [0.2, 0.25) is 0 Å². The van der Waals surface area contributed by atoms with Crippen molar-refractivity contribution in [2.24, 2.45) is 5.10 Å². The van der Waals surface area contributed by atoms with E-state index in [1.165, 1.54) is 0 Å². The van der Waals surface area contributed by atoms with Crippen LogP contribution in [-0.2, 0) is 4.79 Å². The van der Waals surface area contributed by atoms with Gasteiger partial charge in [-0.1, -0.05) is 64.5 Å². The van der Waals surface area contributed by atoms with Crippen LogP contribution in [0.5, 0.6) is 5.75 Å². The van der Waals surface area contributed by atoms with Crippen LogP contribution >= 0.6 is 15.9 Å². The molecule has 0 bridgehead atoms. The topological polar surface area (TPSA) is 68.5 Å². The van der Waals surface area contributed by atoms with E-state index < -0.39 is 6.10 Å². The third-order valence-corrected chi connectivity index (χ3v) is 5.21. The van der Waals surface area contributed by atoms with Gasteiger partial charge in [0, 0.05) is 21.8 Å². The lowest BCUT2D eigenvalue weighted by atomic mass is 10.1. The lowest BCUT2D eigenvalue weighted by Gasteiger charge is -2.12. The van der Waals surface area contributed by atoms with Crippen LogP contribution in [-0.4, -0.2) is 28.0 Å². The van der Waals surface area contributed by atoms with E-state index in [1.807, 2.05) is 79.0 Å². The van der Waals surface area contributed by atoms with Gasteiger partial charge >= 0.3 is 0 Å². The molecular weight excluding hydrogens is 468 g/mol. The van der Waals surface area contributed by atoms with E-state index in [1.54, 1.807) is 30.0 Å². The summed E-state index contributed by atoms with van der Waals surface area (Å²) in [6.07, 6.45) is 2.78. The minimum absolute atomic E-state index is 0.346. The molecule has 7 heteroatoms. The Balaban J connectivity index is 1.50. The van der Waals surface area contributed by atoms with Crippen molar-refractivity contribution in [1.29, 1.82) is 0 Å². The molecule has 1 amide bonds. The molecule has 0 radical (unpaired) electrons. The summed E-state index contributed by atoms with van der Waals surface area (Å²) in [6.45, 7) is 1.68. The van der Waals surface area contributed by atoms with Gasteiger partial charge in [0.25, 0.3) is 5.91 Å². The number of benzene rings is 3. The number of aromatic nitrogens is 2. The van der Waals surface area contributed by atoms with Gasteiger partial charge in [-0.3, -0.25) is 4.79 Å². The number of carbonyl (C=O) groups excluding carboxylic acids is 1. The maximum atomic E-state index is 12.4. The second kappa shape index (κ2) is 10.1. The highest BCUT2D eigenvalue weighted by molar-refractivity contribution is 9.10. The van der Waals surface area contributed by atoms with Crippen molar-refractivity contribution >= 4 is 28.1 Å². The van der Waals surface area contributed by atoms with Gasteiger partial charge in [0.15, 0.2) is 6.10 Å². The second-order valence-electron chi connectivity index (χ2n) is 7.03. The SMILES string of the molecule is CC(Oc1ccc(Br)cc1)C(=O)N/N=C/c1cn(-c2ccccc2)nc1-c1ccccc1. The lowest BCUT2D eigenvalue weighted by molar-refractivity contribution is -0.127. The number of hydrazone groups is 1. The Bertz CT molecular complexity index is 1210. The molecule has 1 N–H and O–H groups in total. The van der Waals surface area contributed by atoms with Crippen LogP contribution in [0.4, 0.5) is 0 Å². The molecule has 6 nitrogen and oxygen atoms in total. The quantitative estimate of drug-likeness (QED) is 0.286. The lowest BCUT2D eigenvalue weighted by Crippen LogP contribution is -2.33. The van der Waals surface area contributed by atoms with Gasteiger partial charge in [-0.2, -0.15) is 10.2 Å². The van der Waals surface area contributed by atoms with Gasteiger partial charge < -0.3 is 4.74 Å². The van der Waals surface area contributed by atoms with Crippen LogP contribution in [0.1, 0.15) is 12.5 Å². The molecule has 4 aromatic rings. The first-order valence-corrected chi connectivity index (χ1v) is 10.8. The van der Waals surface area contributed by atoms with Crippen molar-refractivity contribution in [3.8, 4) is 22.7 Å². The first-order valence-electron chi connectivity index (χ1n) is 10.1. The third-order valence-electron chi connectivity index (χ3n) is 4.68. The zero-order valence-corrected chi connectivity index (χ0v) is 18.9.